The molecule has 2 aromatic rings. The average Bonchev–Trinajstić information content (AvgIpc) is 2.61. The highest BCUT2D eigenvalue weighted by molar-refractivity contribution is 7.92. The fraction of sp³-hybridized carbons (Fsp3) is 0.312. The Morgan fingerprint density at radius 2 is 1.88 bits per heavy atom. The van der Waals surface area contributed by atoms with Crippen molar-refractivity contribution in [2.24, 2.45) is 0 Å². The van der Waals surface area contributed by atoms with Crippen LogP contribution in [0.5, 0.6) is 11.5 Å². The number of nitrogens with one attached hydrogen (secondary N) is 1. The Bertz CT molecular complexity index is 971. The number of aromatic amines is 1. The molecule has 1 aliphatic rings. The number of ether oxygens (including phenoxy) is 2. The van der Waals surface area contributed by atoms with Gasteiger partial charge in [0.2, 0.25) is 0 Å². The summed E-state index contributed by atoms with van der Waals surface area (Å²) in [4.78, 5) is 14.1. The molecular formula is C16H17FN2O5S. The number of nitrogens with zero attached hydrogens (tertiary/aromatic N) is 1. The molecular weight excluding hydrogens is 351 g/mol. The summed E-state index contributed by atoms with van der Waals surface area (Å²) in [5.74, 6) is -0.811. The maximum absolute atomic E-state index is 14.5. The normalized spacial score (nSPS) is 14.1. The number of sulfonamides is 1. The van der Waals surface area contributed by atoms with Gasteiger partial charge in [0.1, 0.15) is 16.4 Å². The van der Waals surface area contributed by atoms with Gasteiger partial charge in [0.25, 0.3) is 15.6 Å². The molecule has 0 atom stereocenters. The Balaban J connectivity index is 2.18. The van der Waals surface area contributed by atoms with Crippen molar-refractivity contribution in [3.63, 3.8) is 0 Å². The van der Waals surface area contributed by atoms with E-state index in [0.717, 1.165) is 16.4 Å². The molecule has 0 amide bonds. The minimum Gasteiger partial charge on any atom is -0.493 e. The van der Waals surface area contributed by atoms with Gasteiger partial charge in [0.15, 0.2) is 11.5 Å². The number of hydrogen-bond donors (Lipinski definition) is 1. The van der Waals surface area contributed by atoms with Gasteiger partial charge in [-0.25, -0.2) is 12.8 Å². The molecule has 0 unspecified atom stereocenters. The van der Waals surface area contributed by atoms with Crippen molar-refractivity contribution in [1.29, 1.82) is 0 Å². The molecule has 3 rings (SSSR count). The molecule has 1 N–H and O–H groups in total. The molecule has 0 aliphatic carbocycles. The zero-order valence-electron chi connectivity index (χ0n) is 13.7. The molecule has 0 radical (unpaired) electrons. The lowest BCUT2D eigenvalue weighted by atomic mass is 10.1. The number of benzene rings is 1. The second-order valence-electron chi connectivity index (χ2n) is 5.50. The zero-order chi connectivity index (χ0) is 18.2. The van der Waals surface area contributed by atoms with Gasteiger partial charge in [0, 0.05) is 24.9 Å². The summed E-state index contributed by atoms with van der Waals surface area (Å²) in [6, 6.07) is 3.67. The third-order valence-corrected chi connectivity index (χ3v) is 5.90. The summed E-state index contributed by atoms with van der Waals surface area (Å²) >= 11 is 0. The first-order valence-electron chi connectivity index (χ1n) is 7.55. The van der Waals surface area contributed by atoms with Crippen LogP contribution in [0.4, 0.5) is 10.1 Å². The van der Waals surface area contributed by atoms with Crippen LogP contribution in [0.3, 0.4) is 0 Å². The van der Waals surface area contributed by atoms with E-state index in [9.17, 15) is 17.6 Å². The lowest BCUT2D eigenvalue weighted by molar-refractivity contribution is 0.350. The van der Waals surface area contributed by atoms with Crippen LogP contribution < -0.4 is 19.3 Å². The van der Waals surface area contributed by atoms with Gasteiger partial charge in [-0.1, -0.05) is 0 Å². The predicted molar refractivity (Wildman–Crippen MR) is 89.4 cm³/mol. The van der Waals surface area contributed by atoms with Crippen molar-refractivity contribution >= 4 is 15.7 Å². The molecule has 7 nitrogen and oxygen atoms in total. The maximum Gasteiger partial charge on any atom is 0.272 e. The molecule has 0 spiro atoms. The molecule has 0 saturated heterocycles. The first-order valence-corrected chi connectivity index (χ1v) is 8.99. The van der Waals surface area contributed by atoms with Crippen LogP contribution in [0.2, 0.25) is 0 Å². The van der Waals surface area contributed by atoms with Crippen molar-refractivity contribution < 1.29 is 22.3 Å². The number of halogens is 1. The monoisotopic (exact) mass is 368 g/mol. The van der Waals surface area contributed by atoms with Crippen molar-refractivity contribution in [2.45, 2.75) is 17.7 Å². The van der Waals surface area contributed by atoms with E-state index in [-0.39, 0.29) is 23.7 Å². The SMILES string of the molecule is COc1cc(F)c(S(=O)(=O)N2CCCc3cc[nH]c(=O)c32)cc1OC. The number of aryl methyl sites for hydroxylation is 1. The van der Waals surface area contributed by atoms with E-state index >= 15 is 0 Å². The number of H-pyrrole nitrogens is 1. The van der Waals surface area contributed by atoms with Gasteiger partial charge >= 0.3 is 0 Å². The van der Waals surface area contributed by atoms with Gasteiger partial charge in [-0.2, -0.15) is 0 Å². The Hall–Kier alpha value is -2.55. The van der Waals surface area contributed by atoms with Crippen molar-refractivity contribution in [1.82, 2.24) is 4.98 Å². The lowest BCUT2D eigenvalue weighted by Gasteiger charge is -2.29. The minimum absolute atomic E-state index is 0.0305. The molecule has 1 aromatic heterocycles. The predicted octanol–water partition coefficient (Wildman–Crippen LogP) is 1.67. The summed E-state index contributed by atoms with van der Waals surface area (Å²) in [5, 5.41) is 0. The Labute approximate surface area is 144 Å². The fourth-order valence-corrected chi connectivity index (χ4v) is 4.51. The number of anilines is 1. The third kappa shape index (κ3) is 2.84. The van der Waals surface area contributed by atoms with Crippen molar-refractivity contribution in [3.8, 4) is 11.5 Å². The number of fused-ring (bicyclic) bond motifs is 1. The van der Waals surface area contributed by atoms with E-state index in [2.05, 4.69) is 4.98 Å². The number of pyridine rings is 1. The van der Waals surface area contributed by atoms with Gasteiger partial charge in [-0.3, -0.25) is 9.10 Å². The maximum atomic E-state index is 14.5. The van der Waals surface area contributed by atoms with Crippen LogP contribution in [0.15, 0.2) is 34.1 Å². The van der Waals surface area contributed by atoms with E-state index in [1.54, 1.807) is 6.07 Å². The average molecular weight is 368 g/mol. The van der Waals surface area contributed by atoms with E-state index in [1.807, 2.05) is 0 Å². The second-order valence-corrected chi connectivity index (χ2v) is 7.33. The molecule has 1 aliphatic heterocycles. The Kier molecular flexibility index (Phi) is 4.42. The van der Waals surface area contributed by atoms with Crippen LogP contribution in [0, 0.1) is 5.82 Å². The van der Waals surface area contributed by atoms with Gasteiger partial charge in [-0.15, -0.1) is 0 Å². The summed E-state index contributed by atoms with van der Waals surface area (Å²) in [6.07, 6.45) is 2.58. The van der Waals surface area contributed by atoms with Crippen molar-refractivity contribution in [2.75, 3.05) is 25.1 Å². The van der Waals surface area contributed by atoms with Crippen molar-refractivity contribution in [3.05, 3.63) is 46.1 Å². The van der Waals surface area contributed by atoms with E-state index < -0.39 is 26.3 Å². The van der Waals surface area contributed by atoms with Gasteiger partial charge in [-0.05, 0) is 24.5 Å². The summed E-state index contributed by atoms with van der Waals surface area (Å²) < 4.78 is 51.5. The van der Waals surface area contributed by atoms with Gasteiger partial charge in [0.05, 0.1) is 14.2 Å². The van der Waals surface area contributed by atoms with E-state index in [0.29, 0.717) is 18.4 Å². The van der Waals surface area contributed by atoms with Crippen LogP contribution in [-0.2, 0) is 16.4 Å². The Morgan fingerprint density at radius 3 is 2.56 bits per heavy atom. The van der Waals surface area contributed by atoms with Gasteiger partial charge < -0.3 is 14.5 Å². The molecule has 0 fully saturated rings. The summed E-state index contributed by atoms with van der Waals surface area (Å²) in [6.45, 7) is 0.0935. The highest BCUT2D eigenvalue weighted by atomic mass is 32.2. The first kappa shape index (κ1) is 17.3. The minimum atomic E-state index is -4.28. The Morgan fingerprint density at radius 1 is 1.20 bits per heavy atom. The van der Waals surface area contributed by atoms with E-state index in [4.69, 9.17) is 9.47 Å². The number of rotatable bonds is 4. The van der Waals surface area contributed by atoms with Crippen LogP contribution >= 0.6 is 0 Å². The lowest BCUT2D eigenvalue weighted by Crippen LogP contribution is -2.39. The number of aromatic nitrogens is 1. The topological polar surface area (TPSA) is 88.7 Å². The summed E-state index contributed by atoms with van der Waals surface area (Å²) in [7, 11) is -1.63. The highest BCUT2D eigenvalue weighted by Gasteiger charge is 2.34. The largest absolute Gasteiger partial charge is 0.493 e. The quantitative estimate of drug-likeness (QED) is 0.887. The number of hydrogen-bond acceptors (Lipinski definition) is 5. The standard InChI is InChI=1S/C16H17FN2O5S/c1-23-12-8-11(17)14(9-13(12)24-2)25(21,22)19-7-3-4-10-5-6-18-16(20)15(10)19/h5-6,8-9H,3-4,7H2,1-2H3,(H,18,20). The fourth-order valence-electron chi connectivity index (χ4n) is 2.90. The van der Waals surface area contributed by atoms with Crippen LogP contribution in [0.25, 0.3) is 0 Å². The molecule has 0 saturated carbocycles. The zero-order valence-corrected chi connectivity index (χ0v) is 14.5. The molecule has 134 valence electrons. The molecule has 25 heavy (non-hydrogen) atoms. The molecule has 0 bridgehead atoms. The smallest absolute Gasteiger partial charge is 0.272 e. The van der Waals surface area contributed by atoms with E-state index in [1.165, 1.54) is 20.4 Å². The van der Waals surface area contributed by atoms with Crippen LogP contribution in [0.1, 0.15) is 12.0 Å². The summed E-state index contributed by atoms with van der Waals surface area (Å²) in [5.41, 5.74) is 0.115. The molecule has 2 heterocycles. The molecule has 9 heteroatoms. The highest BCUT2D eigenvalue weighted by Crippen LogP contribution is 2.35. The first-order chi connectivity index (χ1) is 11.9. The second kappa shape index (κ2) is 6.40. The molecule has 1 aromatic carbocycles. The number of methoxy groups -OCH3 is 2. The van der Waals surface area contributed by atoms with Crippen LogP contribution in [-0.4, -0.2) is 34.2 Å². The third-order valence-electron chi connectivity index (χ3n) is 4.08.